The summed E-state index contributed by atoms with van der Waals surface area (Å²) in [6.07, 6.45) is 6.45. The number of carbonyl (C=O) groups is 1. The van der Waals surface area contributed by atoms with Crippen molar-refractivity contribution in [2.24, 2.45) is 5.92 Å². The fraction of sp³-hybridized carbons (Fsp3) is 0.500. The Morgan fingerprint density at radius 1 is 1.31 bits per heavy atom. The molecule has 7 nitrogen and oxygen atoms in total. The number of para-hydroxylation sites is 1. The third-order valence-corrected chi connectivity index (χ3v) is 5.49. The SMILES string of the molecule is CNc1ncc(C(=O)N(C)C[C@H]2CCCN(CCc3ccccc3OC)C2)cn1. The standard InChI is InChI=1S/C22H31N5O2/c1-23-22-24-13-19(14-25-22)21(28)26(2)15-17-7-6-11-27(16-17)12-10-18-8-4-5-9-20(18)29-3/h4-5,8-9,13-14,17H,6-7,10-12,15-16H2,1-3H3,(H,23,24,25)/t17-/m1/s1. The first-order valence-corrected chi connectivity index (χ1v) is 10.2. The summed E-state index contributed by atoms with van der Waals surface area (Å²) < 4.78 is 5.47. The van der Waals surface area contributed by atoms with Gasteiger partial charge in [-0.3, -0.25) is 4.79 Å². The summed E-state index contributed by atoms with van der Waals surface area (Å²) in [6.45, 7) is 3.89. The summed E-state index contributed by atoms with van der Waals surface area (Å²) in [5.74, 6) is 1.92. The van der Waals surface area contributed by atoms with Crippen LogP contribution in [0.3, 0.4) is 0 Å². The van der Waals surface area contributed by atoms with Gasteiger partial charge in [-0.1, -0.05) is 18.2 Å². The third-order valence-electron chi connectivity index (χ3n) is 5.49. The number of likely N-dealkylation sites (tertiary alicyclic amines) is 1. The summed E-state index contributed by atoms with van der Waals surface area (Å²) >= 11 is 0. The van der Waals surface area contributed by atoms with Crippen LogP contribution in [0.5, 0.6) is 5.75 Å². The number of ether oxygens (including phenoxy) is 1. The molecule has 1 fully saturated rings. The van der Waals surface area contributed by atoms with Crippen molar-refractivity contribution in [3.8, 4) is 5.75 Å². The van der Waals surface area contributed by atoms with Crippen molar-refractivity contribution in [2.45, 2.75) is 19.3 Å². The van der Waals surface area contributed by atoms with Crippen LogP contribution >= 0.6 is 0 Å². The van der Waals surface area contributed by atoms with E-state index in [1.54, 1.807) is 31.5 Å². The molecule has 0 bridgehead atoms. The second kappa shape index (κ2) is 10.2. The number of amides is 1. The zero-order chi connectivity index (χ0) is 20.6. The molecule has 1 aliphatic rings. The van der Waals surface area contributed by atoms with Crippen LogP contribution < -0.4 is 10.1 Å². The Labute approximate surface area is 173 Å². The average Bonchev–Trinajstić information content (AvgIpc) is 2.77. The van der Waals surface area contributed by atoms with Gasteiger partial charge in [0.15, 0.2) is 0 Å². The first-order valence-electron chi connectivity index (χ1n) is 10.2. The van der Waals surface area contributed by atoms with Gasteiger partial charge in [0.25, 0.3) is 5.91 Å². The Balaban J connectivity index is 1.51. The first-order chi connectivity index (χ1) is 14.1. The predicted molar refractivity (Wildman–Crippen MR) is 114 cm³/mol. The lowest BCUT2D eigenvalue weighted by atomic mass is 9.97. The zero-order valence-electron chi connectivity index (χ0n) is 17.6. The van der Waals surface area contributed by atoms with Gasteiger partial charge in [-0.25, -0.2) is 9.97 Å². The van der Waals surface area contributed by atoms with E-state index >= 15 is 0 Å². The lowest BCUT2D eigenvalue weighted by Gasteiger charge is -2.34. The molecule has 1 aromatic carbocycles. The molecule has 1 atom stereocenters. The molecule has 3 rings (SSSR count). The Morgan fingerprint density at radius 3 is 2.79 bits per heavy atom. The third kappa shape index (κ3) is 5.67. The number of anilines is 1. The van der Waals surface area contributed by atoms with Gasteiger partial charge in [-0.2, -0.15) is 0 Å². The molecular formula is C22H31N5O2. The van der Waals surface area contributed by atoms with E-state index in [0.29, 0.717) is 17.4 Å². The maximum absolute atomic E-state index is 12.7. The predicted octanol–water partition coefficient (Wildman–Crippen LogP) is 2.55. The number of carbonyl (C=O) groups excluding carboxylic acids is 1. The van der Waals surface area contributed by atoms with Crippen LogP contribution in [0, 0.1) is 5.92 Å². The molecule has 156 valence electrons. The van der Waals surface area contributed by atoms with E-state index in [9.17, 15) is 4.79 Å². The Morgan fingerprint density at radius 2 is 2.07 bits per heavy atom. The number of benzene rings is 1. The number of rotatable bonds is 8. The molecule has 29 heavy (non-hydrogen) atoms. The molecule has 1 amide bonds. The average molecular weight is 398 g/mol. The zero-order valence-corrected chi connectivity index (χ0v) is 17.6. The lowest BCUT2D eigenvalue weighted by molar-refractivity contribution is 0.0729. The van der Waals surface area contributed by atoms with Gasteiger partial charge >= 0.3 is 0 Å². The summed E-state index contributed by atoms with van der Waals surface area (Å²) in [5, 5.41) is 2.86. The second-order valence-corrected chi connectivity index (χ2v) is 7.60. The highest BCUT2D eigenvalue weighted by Gasteiger charge is 2.23. The minimum Gasteiger partial charge on any atom is -0.496 e. The highest BCUT2D eigenvalue weighted by molar-refractivity contribution is 5.93. The van der Waals surface area contributed by atoms with E-state index in [1.165, 1.54) is 12.0 Å². The molecule has 1 aliphatic heterocycles. The fourth-order valence-corrected chi connectivity index (χ4v) is 3.95. The lowest BCUT2D eigenvalue weighted by Crippen LogP contribution is -2.42. The molecule has 1 aromatic heterocycles. The van der Waals surface area contributed by atoms with Crippen LogP contribution in [0.1, 0.15) is 28.8 Å². The van der Waals surface area contributed by atoms with Crippen molar-refractivity contribution in [3.63, 3.8) is 0 Å². The topological polar surface area (TPSA) is 70.6 Å². The molecule has 2 heterocycles. The quantitative estimate of drug-likeness (QED) is 0.738. The number of piperidine rings is 1. The molecule has 0 aliphatic carbocycles. The highest BCUT2D eigenvalue weighted by Crippen LogP contribution is 2.21. The van der Waals surface area contributed by atoms with Crippen molar-refractivity contribution in [1.82, 2.24) is 19.8 Å². The fourth-order valence-electron chi connectivity index (χ4n) is 3.95. The van der Waals surface area contributed by atoms with E-state index in [-0.39, 0.29) is 5.91 Å². The van der Waals surface area contributed by atoms with Crippen molar-refractivity contribution >= 4 is 11.9 Å². The Hall–Kier alpha value is -2.67. The molecule has 0 saturated carbocycles. The number of nitrogens with zero attached hydrogens (tertiary/aromatic N) is 4. The Bertz CT molecular complexity index is 796. The number of hydrogen-bond acceptors (Lipinski definition) is 6. The Kier molecular flexibility index (Phi) is 7.41. The summed E-state index contributed by atoms with van der Waals surface area (Å²) in [5.41, 5.74) is 1.77. The smallest absolute Gasteiger partial charge is 0.256 e. The largest absolute Gasteiger partial charge is 0.496 e. The first kappa shape index (κ1) is 21.0. The summed E-state index contributed by atoms with van der Waals surface area (Å²) in [4.78, 5) is 25.3. The number of hydrogen-bond donors (Lipinski definition) is 1. The van der Waals surface area contributed by atoms with Gasteiger partial charge in [-0.15, -0.1) is 0 Å². The molecular weight excluding hydrogens is 366 g/mol. The minimum absolute atomic E-state index is 0.0289. The summed E-state index contributed by atoms with van der Waals surface area (Å²) in [7, 11) is 5.34. The summed E-state index contributed by atoms with van der Waals surface area (Å²) in [6, 6.07) is 8.21. The van der Waals surface area contributed by atoms with Crippen LogP contribution in [0.2, 0.25) is 0 Å². The molecule has 1 N–H and O–H groups in total. The highest BCUT2D eigenvalue weighted by atomic mass is 16.5. The van der Waals surface area contributed by atoms with Gasteiger partial charge in [0.2, 0.25) is 5.95 Å². The van der Waals surface area contributed by atoms with Crippen LogP contribution in [0.4, 0.5) is 5.95 Å². The van der Waals surface area contributed by atoms with E-state index in [1.807, 2.05) is 19.2 Å². The maximum Gasteiger partial charge on any atom is 0.256 e. The number of nitrogens with one attached hydrogen (secondary N) is 1. The molecule has 0 radical (unpaired) electrons. The van der Waals surface area contributed by atoms with Gasteiger partial charge in [-0.05, 0) is 43.4 Å². The van der Waals surface area contributed by atoms with E-state index < -0.39 is 0 Å². The van der Waals surface area contributed by atoms with E-state index in [2.05, 4.69) is 32.3 Å². The maximum atomic E-state index is 12.7. The van der Waals surface area contributed by atoms with Crippen molar-refractivity contribution in [1.29, 1.82) is 0 Å². The van der Waals surface area contributed by atoms with E-state index in [4.69, 9.17) is 4.74 Å². The minimum atomic E-state index is -0.0289. The van der Waals surface area contributed by atoms with Gasteiger partial charge in [0, 0.05) is 46.1 Å². The molecule has 0 unspecified atom stereocenters. The van der Waals surface area contributed by atoms with Crippen molar-refractivity contribution < 1.29 is 9.53 Å². The van der Waals surface area contributed by atoms with Crippen molar-refractivity contribution in [3.05, 3.63) is 47.8 Å². The van der Waals surface area contributed by atoms with E-state index in [0.717, 1.165) is 44.8 Å². The number of methoxy groups -OCH3 is 1. The molecule has 2 aromatic rings. The normalized spacial score (nSPS) is 17.0. The van der Waals surface area contributed by atoms with Gasteiger partial charge in [0.05, 0.1) is 12.7 Å². The molecule has 1 saturated heterocycles. The van der Waals surface area contributed by atoms with Gasteiger partial charge < -0.3 is 19.9 Å². The number of aromatic nitrogens is 2. The van der Waals surface area contributed by atoms with Crippen LogP contribution in [-0.4, -0.2) is 73.1 Å². The van der Waals surface area contributed by atoms with Crippen LogP contribution in [0.25, 0.3) is 0 Å². The van der Waals surface area contributed by atoms with Crippen LogP contribution in [-0.2, 0) is 6.42 Å². The van der Waals surface area contributed by atoms with Crippen LogP contribution in [0.15, 0.2) is 36.7 Å². The van der Waals surface area contributed by atoms with Gasteiger partial charge in [0.1, 0.15) is 5.75 Å². The molecule has 7 heteroatoms. The molecule has 0 spiro atoms. The monoisotopic (exact) mass is 397 g/mol. The second-order valence-electron chi connectivity index (χ2n) is 7.60. The van der Waals surface area contributed by atoms with Crippen molar-refractivity contribution in [2.75, 3.05) is 52.7 Å².